The largest absolute Gasteiger partial charge is 0.501 e. The van der Waals surface area contributed by atoms with Gasteiger partial charge in [-0.15, -0.1) is 53.6 Å². The van der Waals surface area contributed by atoms with Crippen LogP contribution in [0.3, 0.4) is 0 Å². The van der Waals surface area contributed by atoms with Gasteiger partial charge in [-0.05, 0) is 73.0 Å². The first kappa shape index (κ1) is 30.1. The number of hydrogen-bond donors (Lipinski definition) is 0. The zero-order valence-electron chi connectivity index (χ0n) is 25.0. The number of fused-ring (bicyclic) bond motifs is 3. The number of para-hydroxylation sites is 1. The van der Waals surface area contributed by atoms with Crippen molar-refractivity contribution in [3.63, 3.8) is 0 Å². The van der Waals surface area contributed by atoms with Gasteiger partial charge in [0.25, 0.3) is 0 Å². The molecule has 0 amide bonds. The summed E-state index contributed by atoms with van der Waals surface area (Å²) in [7, 11) is 0. The Hall–Kier alpha value is -4.37. The minimum atomic E-state index is 0. The summed E-state index contributed by atoms with van der Waals surface area (Å²) in [4.78, 5) is 9.10. The molecule has 4 heteroatoms. The fraction of sp³-hybridized carbons (Fsp3) is 0.128. The van der Waals surface area contributed by atoms with Crippen LogP contribution in [-0.4, -0.2) is 9.97 Å². The van der Waals surface area contributed by atoms with Crippen LogP contribution in [0.4, 0.5) is 0 Å². The number of aryl methyl sites for hydroxylation is 5. The van der Waals surface area contributed by atoms with Crippen LogP contribution in [0.1, 0.15) is 27.8 Å². The van der Waals surface area contributed by atoms with Crippen LogP contribution in [0.5, 0.6) is 0 Å². The molecule has 43 heavy (non-hydrogen) atoms. The Bertz CT molecular complexity index is 2040. The van der Waals surface area contributed by atoms with E-state index < -0.39 is 0 Å². The standard InChI is InChI=1S/C25H18NO.C14H14N.Ir/c1-16-8-3-4-9-18(16)22-14-23(26-15-17(22)2)21-12-7-11-20-19-10-5-6-13-24(19)27-25(20)21;1-10-4-6-13(7-5-10)14-8-11(2)12(3)9-15-14;/h3-11,13-15H,1-2H3;4-6,8-9H,1-3H3;/q2*-1;. The number of nitrogens with zero attached hydrogens (tertiary/aromatic N) is 2. The van der Waals surface area contributed by atoms with Crippen molar-refractivity contribution in [2.45, 2.75) is 34.6 Å². The van der Waals surface area contributed by atoms with Gasteiger partial charge >= 0.3 is 0 Å². The van der Waals surface area contributed by atoms with E-state index >= 15 is 0 Å². The van der Waals surface area contributed by atoms with Crippen molar-refractivity contribution in [1.29, 1.82) is 0 Å². The number of pyridine rings is 2. The molecule has 4 aromatic carbocycles. The number of benzene rings is 4. The van der Waals surface area contributed by atoms with Gasteiger partial charge in [-0.3, -0.25) is 0 Å². The topological polar surface area (TPSA) is 38.9 Å². The summed E-state index contributed by atoms with van der Waals surface area (Å²) in [6.07, 6.45) is 3.85. The van der Waals surface area contributed by atoms with E-state index in [1.54, 1.807) is 0 Å². The van der Waals surface area contributed by atoms with Crippen molar-refractivity contribution in [1.82, 2.24) is 9.97 Å². The van der Waals surface area contributed by atoms with E-state index in [2.05, 4.69) is 112 Å². The molecule has 7 aromatic rings. The first-order valence-electron chi connectivity index (χ1n) is 14.2. The number of hydrogen-bond acceptors (Lipinski definition) is 3. The van der Waals surface area contributed by atoms with Gasteiger partial charge < -0.3 is 14.4 Å². The average Bonchev–Trinajstić information content (AvgIpc) is 3.39. The molecule has 0 aliphatic carbocycles. The van der Waals surface area contributed by atoms with Gasteiger partial charge in [0.2, 0.25) is 0 Å². The van der Waals surface area contributed by atoms with Crippen LogP contribution in [0.15, 0.2) is 108 Å². The Morgan fingerprint density at radius 2 is 1.35 bits per heavy atom. The second kappa shape index (κ2) is 12.9. The molecule has 0 aliphatic heterocycles. The van der Waals surface area contributed by atoms with Crippen molar-refractivity contribution in [2.24, 2.45) is 0 Å². The molecule has 215 valence electrons. The van der Waals surface area contributed by atoms with E-state index in [1.165, 1.54) is 33.4 Å². The molecule has 3 heterocycles. The van der Waals surface area contributed by atoms with Crippen molar-refractivity contribution in [3.05, 3.63) is 143 Å². The van der Waals surface area contributed by atoms with Gasteiger partial charge in [-0.2, -0.15) is 0 Å². The van der Waals surface area contributed by atoms with Crippen LogP contribution in [0.25, 0.3) is 55.6 Å². The summed E-state index contributed by atoms with van der Waals surface area (Å²) in [5.41, 5.74) is 14.1. The molecule has 0 N–H and O–H groups in total. The number of furan rings is 1. The Labute approximate surface area is 267 Å². The molecule has 3 nitrogen and oxygen atoms in total. The van der Waals surface area contributed by atoms with E-state index in [9.17, 15) is 0 Å². The molecule has 7 rings (SSSR count). The summed E-state index contributed by atoms with van der Waals surface area (Å²) in [5, 5.41) is 2.22. The predicted molar refractivity (Wildman–Crippen MR) is 173 cm³/mol. The first-order valence-corrected chi connectivity index (χ1v) is 14.2. The Morgan fingerprint density at radius 1 is 0.605 bits per heavy atom. The van der Waals surface area contributed by atoms with Gasteiger partial charge in [-0.25, -0.2) is 0 Å². The quantitative estimate of drug-likeness (QED) is 0.170. The van der Waals surface area contributed by atoms with Crippen molar-refractivity contribution in [2.75, 3.05) is 0 Å². The summed E-state index contributed by atoms with van der Waals surface area (Å²) < 4.78 is 6.17. The van der Waals surface area contributed by atoms with Crippen LogP contribution < -0.4 is 0 Å². The van der Waals surface area contributed by atoms with E-state index in [1.807, 2.05) is 42.7 Å². The maximum Gasteiger partial charge on any atom is 0.120 e. The van der Waals surface area contributed by atoms with Gasteiger partial charge in [0.1, 0.15) is 5.58 Å². The minimum Gasteiger partial charge on any atom is -0.501 e. The zero-order chi connectivity index (χ0) is 29.2. The Kier molecular flexibility index (Phi) is 9.01. The third kappa shape index (κ3) is 6.22. The zero-order valence-corrected chi connectivity index (χ0v) is 27.3. The molecule has 0 unspecified atom stereocenters. The first-order chi connectivity index (χ1) is 20.4. The Morgan fingerprint density at radius 3 is 2.12 bits per heavy atom. The van der Waals surface area contributed by atoms with Crippen molar-refractivity contribution >= 4 is 21.9 Å². The van der Waals surface area contributed by atoms with E-state index in [4.69, 9.17) is 9.40 Å². The molecule has 0 saturated heterocycles. The fourth-order valence-corrected chi connectivity index (χ4v) is 5.14. The van der Waals surface area contributed by atoms with E-state index in [0.29, 0.717) is 0 Å². The number of aromatic nitrogens is 2. The molecular weight excluding hydrogens is 705 g/mol. The summed E-state index contributed by atoms with van der Waals surface area (Å²) in [5.74, 6) is 0. The number of rotatable bonds is 3. The third-order valence-corrected chi connectivity index (χ3v) is 7.75. The molecule has 0 atom stereocenters. The third-order valence-electron chi connectivity index (χ3n) is 7.75. The maximum atomic E-state index is 6.17. The summed E-state index contributed by atoms with van der Waals surface area (Å²) >= 11 is 0. The maximum absolute atomic E-state index is 6.17. The molecule has 3 aromatic heterocycles. The van der Waals surface area contributed by atoms with Crippen LogP contribution in [0, 0.1) is 46.8 Å². The Balaban J connectivity index is 0.000000197. The predicted octanol–water partition coefficient (Wildman–Crippen LogP) is 10.2. The van der Waals surface area contributed by atoms with Gasteiger partial charge in [0.05, 0.1) is 5.58 Å². The SMILES string of the molecule is Cc1c[c-]c(-c2cc(C)c(C)cn2)cc1.Cc1ccccc1-c1cc(-c2[c-]ccc3c2oc2ccccc23)ncc1C.[Ir]. The van der Waals surface area contributed by atoms with Crippen molar-refractivity contribution < 1.29 is 24.5 Å². The summed E-state index contributed by atoms with van der Waals surface area (Å²) in [6, 6.07) is 37.6. The molecule has 0 fully saturated rings. The molecule has 0 saturated carbocycles. The van der Waals surface area contributed by atoms with Gasteiger partial charge in [0.15, 0.2) is 0 Å². The van der Waals surface area contributed by atoms with E-state index in [-0.39, 0.29) is 20.1 Å². The van der Waals surface area contributed by atoms with Crippen LogP contribution in [0.2, 0.25) is 0 Å². The monoisotopic (exact) mass is 737 g/mol. The van der Waals surface area contributed by atoms with Gasteiger partial charge in [0, 0.05) is 37.9 Å². The van der Waals surface area contributed by atoms with Gasteiger partial charge in [-0.1, -0.05) is 78.0 Å². The fourth-order valence-electron chi connectivity index (χ4n) is 5.14. The van der Waals surface area contributed by atoms with Crippen LogP contribution >= 0.6 is 0 Å². The molecular formula is C39H32IrN2O-2. The minimum absolute atomic E-state index is 0. The molecule has 0 spiro atoms. The van der Waals surface area contributed by atoms with E-state index in [0.717, 1.165) is 50.0 Å². The second-order valence-electron chi connectivity index (χ2n) is 10.8. The molecule has 1 radical (unpaired) electrons. The normalized spacial score (nSPS) is 10.7. The smallest absolute Gasteiger partial charge is 0.120 e. The average molecular weight is 737 g/mol. The second-order valence-corrected chi connectivity index (χ2v) is 10.8. The van der Waals surface area contributed by atoms with Crippen molar-refractivity contribution in [3.8, 4) is 33.6 Å². The molecule has 0 aliphatic rings. The molecule has 0 bridgehead atoms. The van der Waals surface area contributed by atoms with Crippen LogP contribution in [-0.2, 0) is 20.1 Å². The summed E-state index contributed by atoms with van der Waals surface area (Å²) in [6.45, 7) is 10.5.